The van der Waals surface area contributed by atoms with Crippen LogP contribution in [-0.4, -0.2) is 24.5 Å². The van der Waals surface area contributed by atoms with Crippen LogP contribution in [-0.2, 0) is 6.54 Å². The van der Waals surface area contributed by atoms with Gasteiger partial charge in [-0.1, -0.05) is 54.8 Å². The van der Waals surface area contributed by atoms with Crippen LogP contribution < -0.4 is 11.2 Å². The highest BCUT2D eigenvalue weighted by Gasteiger charge is 2.28. The Morgan fingerprint density at radius 2 is 1.74 bits per heavy atom. The molecule has 7 nitrogen and oxygen atoms in total. The summed E-state index contributed by atoms with van der Waals surface area (Å²) in [5.41, 5.74) is 0.994. The molecule has 0 radical (unpaired) electrons. The summed E-state index contributed by atoms with van der Waals surface area (Å²) in [5, 5.41) is 0.508. The van der Waals surface area contributed by atoms with E-state index in [-0.39, 0.29) is 18.4 Å². The molecule has 0 saturated heterocycles. The van der Waals surface area contributed by atoms with Crippen molar-refractivity contribution in [2.45, 2.75) is 51.2 Å². The second kappa shape index (κ2) is 9.06. The van der Waals surface area contributed by atoms with E-state index < -0.39 is 17.3 Å². The quantitative estimate of drug-likeness (QED) is 0.380. The number of imidazole rings is 1. The topological polar surface area (TPSA) is 78.9 Å². The molecule has 8 heteroatoms. The molecule has 1 fully saturated rings. The molecule has 5 rings (SSSR count). The Morgan fingerprint density at radius 3 is 2.41 bits per heavy atom. The number of carbonyl (C=O) groups excluding carboxylic acids is 1. The highest BCUT2D eigenvalue weighted by atomic mass is 35.5. The van der Waals surface area contributed by atoms with Crippen molar-refractivity contribution < 1.29 is 4.79 Å². The Balaban J connectivity index is 1.71. The summed E-state index contributed by atoms with van der Waals surface area (Å²) in [6.07, 6.45) is 5.77. The van der Waals surface area contributed by atoms with E-state index in [1.165, 1.54) is 4.57 Å². The fraction of sp³-hybridized carbons (Fsp3) is 0.308. The highest BCUT2D eigenvalue weighted by Crippen LogP contribution is 2.31. The van der Waals surface area contributed by atoms with E-state index in [9.17, 15) is 14.4 Å². The average molecular weight is 477 g/mol. The van der Waals surface area contributed by atoms with Gasteiger partial charge in [-0.25, -0.2) is 14.3 Å². The van der Waals surface area contributed by atoms with Crippen molar-refractivity contribution in [2.75, 3.05) is 0 Å². The number of rotatable bonds is 6. The number of aromatic nitrogens is 4. The number of fused-ring (bicyclic) bond motifs is 1. The lowest BCUT2D eigenvalue weighted by atomic mass is 10.1. The van der Waals surface area contributed by atoms with Crippen molar-refractivity contribution >= 4 is 28.5 Å². The Kier molecular flexibility index (Phi) is 5.96. The molecule has 1 atom stereocenters. The fourth-order valence-electron chi connectivity index (χ4n) is 4.86. The summed E-state index contributed by atoms with van der Waals surface area (Å²) >= 11 is 5.96. The maximum atomic E-state index is 13.7. The lowest BCUT2D eigenvalue weighted by Crippen LogP contribution is -2.44. The van der Waals surface area contributed by atoms with Gasteiger partial charge >= 0.3 is 5.69 Å². The SMILES string of the molecule is CC(C(=O)c1ccc(Cl)cc1)n1c(=O)c2c(ncn2C2CCCC2)n(Cc2ccccc2)c1=O. The monoisotopic (exact) mass is 476 g/mol. The molecule has 34 heavy (non-hydrogen) atoms. The van der Waals surface area contributed by atoms with Gasteiger partial charge in [-0.3, -0.25) is 14.2 Å². The number of benzene rings is 2. The van der Waals surface area contributed by atoms with Crippen LogP contribution in [0.1, 0.15) is 60.6 Å². The van der Waals surface area contributed by atoms with Crippen LogP contribution in [0, 0.1) is 0 Å². The van der Waals surface area contributed by atoms with E-state index in [2.05, 4.69) is 4.98 Å². The van der Waals surface area contributed by atoms with Gasteiger partial charge in [0.15, 0.2) is 16.9 Å². The molecule has 2 aromatic heterocycles. The number of Topliss-reactive ketones (excluding diaryl/α,β-unsaturated/α-hetero) is 1. The van der Waals surface area contributed by atoms with Gasteiger partial charge in [-0.05, 0) is 49.6 Å². The van der Waals surface area contributed by atoms with Crippen molar-refractivity contribution in [1.82, 2.24) is 18.7 Å². The van der Waals surface area contributed by atoms with Gasteiger partial charge < -0.3 is 4.57 Å². The van der Waals surface area contributed by atoms with E-state index in [1.54, 1.807) is 37.5 Å². The third-order valence-corrected chi connectivity index (χ3v) is 6.94. The van der Waals surface area contributed by atoms with Crippen molar-refractivity contribution in [3.63, 3.8) is 0 Å². The van der Waals surface area contributed by atoms with E-state index in [0.717, 1.165) is 35.8 Å². The molecule has 1 unspecified atom stereocenters. The average Bonchev–Trinajstić information content (AvgIpc) is 3.53. The van der Waals surface area contributed by atoms with Gasteiger partial charge in [0.1, 0.15) is 6.04 Å². The number of hydrogen-bond donors (Lipinski definition) is 0. The number of hydrogen-bond acceptors (Lipinski definition) is 4. The third kappa shape index (κ3) is 3.90. The lowest BCUT2D eigenvalue weighted by Gasteiger charge is -2.18. The van der Waals surface area contributed by atoms with Gasteiger partial charge in [0.2, 0.25) is 0 Å². The second-order valence-electron chi connectivity index (χ2n) is 8.84. The number of ketones is 1. The molecule has 1 aliphatic rings. The van der Waals surface area contributed by atoms with Crippen molar-refractivity contribution in [1.29, 1.82) is 0 Å². The highest BCUT2D eigenvalue weighted by molar-refractivity contribution is 6.30. The molecule has 0 spiro atoms. The van der Waals surface area contributed by atoms with Crippen LogP contribution in [0.2, 0.25) is 5.02 Å². The molecular weight excluding hydrogens is 452 g/mol. The maximum absolute atomic E-state index is 13.7. The zero-order chi connectivity index (χ0) is 23.8. The molecule has 174 valence electrons. The van der Waals surface area contributed by atoms with Gasteiger partial charge in [0.05, 0.1) is 12.9 Å². The third-order valence-electron chi connectivity index (χ3n) is 6.69. The van der Waals surface area contributed by atoms with Crippen molar-refractivity contribution in [2.24, 2.45) is 0 Å². The van der Waals surface area contributed by atoms with Gasteiger partial charge in [0.25, 0.3) is 5.56 Å². The van der Waals surface area contributed by atoms with E-state index >= 15 is 0 Å². The summed E-state index contributed by atoms with van der Waals surface area (Å²) in [7, 11) is 0. The van der Waals surface area contributed by atoms with Crippen LogP contribution in [0.4, 0.5) is 0 Å². The molecule has 0 amide bonds. The standard InChI is InChI=1S/C26H25ClN4O3/c1-17(23(32)19-11-13-20(27)14-12-19)31-25(33)22-24(28-16-30(22)21-9-5-6-10-21)29(26(31)34)15-18-7-3-2-4-8-18/h2-4,7-8,11-14,16-17,21H,5-6,9-10,15H2,1H3. The molecule has 1 saturated carbocycles. The van der Waals surface area contributed by atoms with Crippen molar-refractivity contribution in [3.8, 4) is 0 Å². The van der Waals surface area contributed by atoms with Gasteiger partial charge in [0, 0.05) is 16.6 Å². The van der Waals surface area contributed by atoms with E-state index in [0.29, 0.717) is 21.7 Å². The summed E-state index contributed by atoms with van der Waals surface area (Å²) in [4.78, 5) is 45.2. The molecule has 2 heterocycles. The van der Waals surface area contributed by atoms with Gasteiger partial charge in [-0.2, -0.15) is 0 Å². The molecule has 1 aliphatic carbocycles. The van der Waals surface area contributed by atoms with Crippen LogP contribution in [0.15, 0.2) is 70.5 Å². The minimum absolute atomic E-state index is 0.163. The fourth-order valence-corrected chi connectivity index (χ4v) is 4.98. The minimum Gasteiger partial charge on any atom is -0.322 e. The van der Waals surface area contributed by atoms with Gasteiger partial charge in [-0.15, -0.1) is 0 Å². The first kappa shape index (κ1) is 22.3. The summed E-state index contributed by atoms with van der Waals surface area (Å²) in [5.74, 6) is -0.326. The van der Waals surface area contributed by atoms with Crippen LogP contribution in [0.25, 0.3) is 11.2 Å². The molecule has 0 N–H and O–H groups in total. The second-order valence-corrected chi connectivity index (χ2v) is 9.28. The zero-order valence-corrected chi connectivity index (χ0v) is 19.6. The smallest absolute Gasteiger partial charge is 0.322 e. The molecular formula is C26H25ClN4O3. The number of halogens is 1. The van der Waals surface area contributed by atoms with Crippen LogP contribution >= 0.6 is 11.6 Å². The first-order chi connectivity index (χ1) is 16.5. The Hall–Kier alpha value is -3.45. The summed E-state index contributed by atoms with van der Waals surface area (Å²) in [6, 6.07) is 15.2. The summed E-state index contributed by atoms with van der Waals surface area (Å²) < 4.78 is 4.49. The van der Waals surface area contributed by atoms with Crippen molar-refractivity contribution in [3.05, 3.63) is 97.9 Å². The first-order valence-corrected chi connectivity index (χ1v) is 11.9. The number of carbonyl (C=O) groups is 1. The Labute approximate surface area is 201 Å². The summed E-state index contributed by atoms with van der Waals surface area (Å²) in [6.45, 7) is 1.84. The first-order valence-electron chi connectivity index (χ1n) is 11.5. The molecule has 4 aromatic rings. The maximum Gasteiger partial charge on any atom is 0.333 e. The molecule has 0 aliphatic heterocycles. The van der Waals surface area contributed by atoms with Crippen LogP contribution in [0.3, 0.4) is 0 Å². The van der Waals surface area contributed by atoms with E-state index in [4.69, 9.17) is 11.6 Å². The number of nitrogens with zero attached hydrogens (tertiary/aromatic N) is 4. The predicted octanol–water partition coefficient (Wildman–Crippen LogP) is 4.62. The molecule has 0 bridgehead atoms. The minimum atomic E-state index is -0.987. The predicted molar refractivity (Wildman–Crippen MR) is 132 cm³/mol. The largest absolute Gasteiger partial charge is 0.333 e. The molecule has 2 aromatic carbocycles. The Morgan fingerprint density at radius 1 is 1.06 bits per heavy atom. The van der Waals surface area contributed by atoms with E-state index in [1.807, 2.05) is 34.9 Å². The zero-order valence-electron chi connectivity index (χ0n) is 18.9. The lowest BCUT2D eigenvalue weighted by molar-refractivity contribution is 0.0930. The normalized spacial score (nSPS) is 15.1. The Bertz CT molecular complexity index is 1460. The van der Waals surface area contributed by atoms with Crippen LogP contribution in [0.5, 0.6) is 0 Å².